The van der Waals surface area contributed by atoms with Gasteiger partial charge in [0.25, 0.3) is 0 Å². The van der Waals surface area contributed by atoms with Gasteiger partial charge in [-0.1, -0.05) is 0 Å². The maximum atomic E-state index is 12.2. The van der Waals surface area contributed by atoms with Crippen molar-refractivity contribution in [3.05, 3.63) is 23.8 Å². The Morgan fingerprint density at radius 1 is 1.55 bits per heavy atom. The molecule has 0 spiro atoms. The molecule has 110 valence electrons. The highest BCUT2D eigenvalue weighted by Crippen LogP contribution is 2.27. The summed E-state index contributed by atoms with van der Waals surface area (Å²) in [7, 11) is -2.80. The number of fused-ring (bicyclic) bond motifs is 1. The van der Waals surface area contributed by atoms with Crippen LogP contribution in [0.4, 0.5) is 0 Å². The van der Waals surface area contributed by atoms with Crippen molar-refractivity contribution in [1.29, 1.82) is 0 Å². The zero-order chi connectivity index (χ0) is 14.8. The average Bonchev–Trinajstić information content (AvgIpc) is 2.91. The molecule has 0 fully saturated rings. The van der Waals surface area contributed by atoms with E-state index in [1.165, 1.54) is 12.1 Å². The normalized spacial score (nSPS) is 15.3. The first kappa shape index (κ1) is 14.8. The van der Waals surface area contributed by atoms with Crippen LogP contribution in [0.2, 0.25) is 0 Å². The van der Waals surface area contributed by atoms with Gasteiger partial charge in [0, 0.05) is 6.42 Å². The Hall–Kier alpha value is -1.64. The number of methoxy groups -OCH3 is 1. The Morgan fingerprint density at radius 3 is 2.95 bits per heavy atom. The van der Waals surface area contributed by atoms with Crippen molar-refractivity contribution in [3.8, 4) is 5.75 Å². The molecular formula is C12H15NO6S. The highest BCUT2D eigenvalue weighted by Gasteiger charge is 2.26. The van der Waals surface area contributed by atoms with Gasteiger partial charge < -0.3 is 14.6 Å². The zero-order valence-electron chi connectivity index (χ0n) is 10.8. The van der Waals surface area contributed by atoms with Crippen LogP contribution in [0, 0.1) is 0 Å². The smallest absolute Gasteiger partial charge is 0.326 e. The summed E-state index contributed by atoms with van der Waals surface area (Å²) in [4.78, 5) is 11.3. The van der Waals surface area contributed by atoms with Crippen LogP contribution in [0.5, 0.6) is 5.75 Å². The third-order valence-electron chi connectivity index (χ3n) is 2.94. The van der Waals surface area contributed by atoms with Gasteiger partial charge in [-0.2, -0.15) is 4.72 Å². The van der Waals surface area contributed by atoms with Crippen LogP contribution < -0.4 is 9.46 Å². The molecule has 0 saturated carbocycles. The number of nitrogens with one attached hydrogen (secondary N) is 1. The van der Waals surface area contributed by atoms with Crippen molar-refractivity contribution in [3.63, 3.8) is 0 Å². The molecule has 2 rings (SSSR count). The molecule has 8 heteroatoms. The summed E-state index contributed by atoms with van der Waals surface area (Å²) >= 11 is 0. The highest BCUT2D eigenvalue weighted by atomic mass is 32.2. The quantitative estimate of drug-likeness (QED) is 0.706. The minimum Gasteiger partial charge on any atom is -0.493 e. The largest absolute Gasteiger partial charge is 0.493 e. The van der Waals surface area contributed by atoms with Crippen LogP contribution in [-0.2, 0) is 26.0 Å². The predicted molar refractivity (Wildman–Crippen MR) is 68.9 cm³/mol. The van der Waals surface area contributed by atoms with Crippen molar-refractivity contribution < 1.29 is 27.8 Å². The maximum Gasteiger partial charge on any atom is 0.326 e. The molecule has 1 heterocycles. The summed E-state index contributed by atoms with van der Waals surface area (Å²) in [5, 5.41) is 9.04. The topological polar surface area (TPSA) is 102 Å². The van der Waals surface area contributed by atoms with Gasteiger partial charge in [0.15, 0.2) is 0 Å². The Morgan fingerprint density at radius 2 is 2.30 bits per heavy atom. The number of aliphatic hydroxyl groups excluding tert-OH is 1. The molecule has 1 aliphatic rings. The van der Waals surface area contributed by atoms with Crippen molar-refractivity contribution >= 4 is 16.0 Å². The van der Waals surface area contributed by atoms with Crippen LogP contribution in [0.3, 0.4) is 0 Å². The zero-order valence-corrected chi connectivity index (χ0v) is 11.6. The summed E-state index contributed by atoms with van der Waals surface area (Å²) in [6.45, 7) is -0.159. The van der Waals surface area contributed by atoms with E-state index in [-0.39, 0.29) is 4.90 Å². The number of benzene rings is 1. The van der Waals surface area contributed by atoms with E-state index >= 15 is 0 Å². The van der Waals surface area contributed by atoms with Crippen LogP contribution >= 0.6 is 0 Å². The molecule has 1 unspecified atom stereocenters. The third-order valence-corrected chi connectivity index (χ3v) is 4.41. The fourth-order valence-electron chi connectivity index (χ4n) is 1.89. The van der Waals surface area contributed by atoms with Crippen molar-refractivity contribution in [2.75, 3.05) is 20.3 Å². The van der Waals surface area contributed by atoms with E-state index in [0.29, 0.717) is 18.8 Å². The lowest BCUT2D eigenvalue weighted by molar-refractivity contribution is -0.143. The van der Waals surface area contributed by atoms with Crippen LogP contribution in [0.1, 0.15) is 5.56 Å². The van der Waals surface area contributed by atoms with Crippen LogP contribution in [0.25, 0.3) is 0 Å². The molecule has 0 bridgehead atoms. The third kappa shape index (κ3) is 2.92. The lowest BCUT2D eigenvalue weighted by Crippen LogP contribution is -2.43. The van der Waals surface area contributed by atoms with Gasteiger partial charge in [-0.3, -0.25) is 4.79 Å². The maximum absolute atomic E-state index is 12.2. The molecule has 0 radical (unpaired) electrons. The fourth-order valence-corrected chi connectivity index (χ4v) is 3.11. The number of carbonyl (C=O) groups is 1. The lowest BCUT2D eigenvalue weighted by atomic mass is 10.2. The molecule has 1 aliphatic heterocycles. The summed E-state index contributed by atoms with van der Waals surface area (Å²) in [6.07, 6.45) is 0.638. The first-order chi connectivity index (χ1) is 9.47. The van der Waals surface area contributed by atoms with Crippen LogP contribution in [-0.4, -0.2) is 45.9 Å². The Kier molecular flexibility index (Phi) is 4.26. The first-order valence-electron chi connectivity index (χ1n) is 5.94. The summed E-state index contributed by atoms with van der Waals surface area (Å²) in [5.41, 5.74) is 0.798. The van der Waals surface area contributed by atoms with Crippen molar-refractivity contribution in [2.24, 2.45) is 0 Å². The van der Waals surface area contributed by atoms with Gasteiger partial charge >= 0.3 is 5.97 Å². The number of ether oxygens (including phenoxy) is 2. The number of sulfonamides is 1. The number of hydrogen-bond donors (Lipinski definition) is 2. The Bertz CT molecular complexity index is 612. The summed E-state index contributed by atoms with van der Waals surface area (Å²) in [5.74, 6) is -0.184. The SMILES string of the molecule is COC(=O)C(CO)NS(=O)(=O)c1ccc2c(c1)CCO2. The van der Waals surface area contributed by atoms with Crippen LogP contribution in [0.15, 0.2) is 23.1 Å². The lowest BCUT2D eigenvalue weighted by Gasteiger charge is -2.14. The number of esters is 1. The van der Waals surface area contributed by atoms with Crippen molar-refractivity contribution in [1.82, 2.24) is 4.72 Å². The summed E-state index contributed by atoms with van der Waals surface area (Å²) in [6, 6.07) is 3.13. The Labute approximate surface area is 116 Å². The monoisotopic (exact) mass is 301 g/mol. The van der Waals surface area contributed by atoms with E-state index < -0.39 is 28.6 Å². The number of rotatable bonds is 5. The minimum absolute atomic E-state index is 0.0177. The predicted octanol–water partition coefficient (Wildman–Crippen LogP) is -0.566. The highest BCUT2D eigenvalue weighted by molar-refractivity contribution is 7.89. The van der Waals surface area contributed by atoms with Crippen molar-refractivity contribution in [2.45, 2.75) is 17.4 Å². The van der Waals surface area contributed by atoms with E-state index in [1.807, 2.05) is 0 Å². The molecule has 2 N–H and O–H groups in total. The standard InChI is InChI=1S/C12H15NO6S/c1-18-12(15)10(7-14)13-20(16,17)9-2-3-11-8(6-9)4-5-19-11/h2-3,6,10,13-14H,4-5,7H2,1H3. The second-order valence-electron chi connectivity index (χ2n) is 4.25. The number of hydrogen-bond acceptors (Lipinski definition) is 6. The first-order valence-corrected chi connectivity index (χ1v) is 7.43. The van der Waals surface area contributed by atoms with E-state index in [0.717, 1.165) is 12.7 Å². The average molecular weight is 301 g/mol. The molecule has 0 aliphatic carbocycles. The van der Waals surface area contributed by atoms with E-state index in [4.69, 9.17) is 9.84 Å². The molecule has 0 aromatic heterocycles. The van der Waals surface area contributed by atoms with Gasteiger partial charge in [-0.05, 0) is 23.8 Å². The van der Waals surface area contributed by atoms with Gasteiger partial charge in [-0.15, -0.1) is 0 Å². The Balaban J connectivity index is 2.24. The second-order valence-corrected chi connectivity index (χ2v) is 5.96. The van der Waals surface area contributed by atoms with Gasteiger partial charge in [0.2, 0.25) is 10.0 Å². The van der Waals surface area contributed by atoms with E-state index in [2.05, 4.69) is 9.46 Å². The molecular weight excluding hydrogens is 286 g/mol. The molecule has 20 heavy (non-hydrogen) atoms. The summed E-state index contributed by atoms with van der Waals surface area (Å²) < 4.78 is 36.1. The molecule has 7 nitrogen and oxygen atoms in total. The number of carbonyl (C=O) groups excluding carboxylic acids is 1. The van der Waals surface area contributed by atoms with Gasteiger partial charge in [-0.25, -0.2) is 8.42 Å². The molecule has 1 atom stereocenters. The molecule has 0 amide bonds. The fraction of sp³-hybridized carbons (Fsp3) is 0.417. The van der Waals surface area contributed by atoms with E-state index in [1.54, 1.807) is 6.07 Å². The minimum atomic E-state index is -3.91. The second kappa shape index (κ2) is 5.78. The van der Waals surface area contributed by atoms with E-state index in [9.17, 15) is 13.2 Å². The van der Waals surface area contributed by atoms with Gasteiger partial charge in [0.1, 0.15) is 11.8 Å². The molecule has 1 aromatic carbocycles. The van der Waals surface area contributed by atoms with Gasteiger partial charge in [0.05, 0.1) is 25.2 Å². The number of aliphatic hydroxyl groups is 1. The molecule has 0 saturated heterocycles. The molecule has 1 aromatic rings.